The van der Waals surface area contributed by atoms with Crippen LogP contribution in [0.3, 0.4) is 0 Å². The van der Waals surface area contributed by atoms with E-state index in [0.29, 0.717) is 24.3 Å². The minimum absolute atomic E-state index is 0.336. The van der Waals surface area contributed by atoms with Crippen molar-refractivity contribution in [1.82, 2.24) is 4.90 Å². The highest BCUT2D eigenvalue weighted by molar-refractivity contribution is 5.79. The van der Waals surface area contributed by atoms with Gasteiger partial charge in [0.1, 0.15) is 0 Å². The fourth-order valence-corrected chi connectivity index (χ4v) is 3.18. The van der Waals surface area contributed by atoms with Gasteiger partial charge in [-0.25, -0.2) is 0 Å². The molecule has 1 unspecified atom stereocenters. The number of hydrogen-bond donors (Lipinski definition) is 0. The topological polar surface area (TPSA) is 20.3 Å². The van der Waals surface area contributed by atoms with Crippen molar-refractivity contribution in [3.8, 4) is 0 Å². The Hall–Kier alpha value is -0.790. The maximum atomic E-state index is 11.9. The van der Waals surface area contributed by atoms with Crippen LogP contribution in [0.1, 0.15) is 45.4 Å². The molecule has 2 atom stereocenters. The molecule has 1 aliphatic carbocycles. The van der Waals surface area contributed by atoms with E-state index in [1.807, 2.05) is 6.08 Å². The molecule has 0 N–H and O–H groups in total. The Labute approximate surface area is 98.7 Å². The molecule has 0 bridgehead atoms. The predicted octanol–water partition coefficient (Wildman–Crippen LogP) is 2.99. The SMILES string of the molecule is C=CC1CC(=O)N([C@@H](C)C2CCCCC2)C1. The number of likely N-dealkylation sites (tertiary alicyclic amines) is 1. The lowest BCUT2D eigenvalue weighted by molar-refractivity contribution is -0.130. The zero-order valence-electron chi connectivity index (χ0n) is 10.3. The summed E-state index contributed by atoms with van der Waals surface area (Å²) in [6.45, 7) is 6.94. The quantitative estimate of drug-likeness (QED) is 0.671. The van der Waals surface area contributed by atoms with Gasteiger partial charge in [-0.15, -0.1) is 6.58 Å². The van der Waals surface area contributed by atoms with E-state index in [9.17, 15) is 4.79 Å². The predicted molar refractivity (Wildman–Crippen MR) is 66.1 cm³/mol. The Morgan fingerprint density at radius 3 is 2.62 bits per heavy atom. The van der Waals surface area contributed by atoms with Gasteiger partial charge >= 0.3 is 0 Å². The molecule has 0 radical (unpaired) electrons. The zero-order valence-corrected chi connectivity index (χ0v) is 10.3. The Kier molecular flexibility index (Phi) is 3.67. The average molecular weight is 221 g/mol. The van der Waals surface area contributed by atoms with Crippen LogP contribution in [-0.4, -0.2) is 23.4 Å². The molecule has 2 rings (SSSR count). The second-order valence-electron chi connectivity index (χ2n) is 5.38. The highest BCUT2D eigenvalue weighted by atomic mass is 16.2. The summed E-state index contributed by atoms with van der Waals surface area (Å²) in [4.78, 5) is 14.0. The van der Waals surface area contributed by atoms with Crippen LogP contribution in [0.4, 0.5) is 0 Å². The third-order valence-electron chi connectivity index (χ3n) is 4.35. The molecule has 0 spiro atoms. The van der Waals surface area contributed by atoms with Crippen LogP contribution in [0, 0.1) is 11.8 Å². The first kappa shape index (κ1) is 11.7. The van der Waals surface area contributed by atoms with Gasteiger partial charge in [-0.1, -0.05) is 25.3 Å². The van der Waals surface area contributed by atoms with Gasteiger partial charge in [-0.2, -0.15) is 0 Å². The standard InChI is InChI=1S/C14H23NO/c1-3-12-9-14(16)15(10-12)11(2)13-7-5-4-6-8-13/h3,11-13H,1,4-10H2,2H3/t11-,12?/m0/s1. The Balaban J connectivity index is 1.95. The molecule has 2 aliphatic rings. The van der Waals surface area contributed by atoms with Gasteiger partial charge in [0.25, 0.3) is 0 Å². The summed E-state index contributed by atoms with van der Waals surface area (Å²) in [5, 5.41) is 0. The van der Waals surface area contributed by atoms with E-state index in [4.69, 9.17) is 0 Å². The summed E-state index contributed by atoms with van der Waals surface area (Å²) < 4.78 is 0. The first-order valence-electron chi connectivity index (χ1n) is 6.64. The van der Waals surface area contributed by atoms with Crippen molar-refractivity contribution in [1.29, 1.82) is 0 Å². The number of amides is 1. The molecular formula is C14H23NO. The number of nitrogens with zero attached hydrogens (tertiary/aromatic N) is 1. The van der Waals surface area contributed by atoms with Gasteiger partial charge < -0.3 is 4.90 Å². The van der Waals surface area contributed by atoms with E-state index < -0.39 is 0 Å². The van der Waals surface area contributed by atoms with Gasteiger partial charge in [-0.05, 0) is 25.7 Å². The molecule has 1 aliphatic heterocycles. The van der Waals surface area contributed by atoms with E-state index in [-0.39, 0.29) is 0 Å². The van der Waals surface area contributed by atoms with Crippen LogP contribution in [0.25, 0.3) is 0 Å². The van der Waals surface area contributed by atoms with E-state index in [1.165, 1.54) is 32.1 Å². The second-order valence-corrected chi connectivity index (χ2v) is 5.38. The van der Waals surface area contributed by atoms with Crippen molar-refractivity contribution in [2.75, 3.05) is 6.54 Å². The van der Waals surface area contributed by atoms with E-state index in [1.54, 1.807) is 0 Å². The third kappa shape index (κ3) is 2.31. The lowest BCUT2D eigenvalue weighted by Crippen LogP contribution is -2.40. The third-order valence-corrected chi connectivity index (χ3v) is 4.35. The largest absolute Gasteiger partial charge is 0.339 e. The minimum Gasteiger partial charge on any atom is -0.339 e. The molecule has 1 amide bonds. The monoisotopic (exact) mass is 221 g/mol. The van der Waals surface area contributed by atoms with Crippen molar-refractivity contribution >= 4 is 5.91 Å². The fourth-order valence-electron chi connectivity index (χ4n) is 3.18. The van der Waals surface area contributed by atoms with E-state index in [2.05, 4.69) is 18.4 Å². The lowest BCUT2D eigenvalue weighted by Gasteiger charge is -2.34. The van der Waals surface area contributed by atoms with Crippen molar-refractivity contribution in [2.24, 2.45) is 11.8 Å². The van der Waals surface area contributed by atoms with Crippen LogP contribution >= 0.6 is 0 Å². The molecule has 2 fully saturated rings. The summed E-state index contributed by atoms with van der Waals surface area (Å²) in [6, 6.07) is 0.442. The van der Waals surface area contributed by atoms with Gasteiger partial charge in [0.15, 0.2) is 0 Å². The smallest absolute Gasteiger partial charge is 0.223 e. The van der Waals surface area contributed by atoms with Crippen molar-refractivity contribution in [2.45, 2.75) is 51.5 Å². The lowest BCUT2D eigenvalue weighted by atomic mass is 9.84. The summed E-state index contributed by atoms with van der Waals surface area (Å²) in [7, 11) is 0. The molecule has 1 heterocycles. The molecule has 1 saturated heterocycles. The van der Waals surface area contributed by atoms with Crippen LogP contribution in [-0.2, 0) is 4.79 Å². The Morgan fingerprint density at radius 2 is 2.06 bits per heavy atom. The summed E-state index contributed by atoms with van der Waals surface area (Å²) in [5.74, 6) is 1.46. The van der Waals surface area contributed by atoms with Gasteiger partial charge in [-0.3, -0.25) is 4.79 Å². The molecule has 2 heteroatoms. The molecule has 16 heavy (non-hydrogen) atoms. The van der Waals surface area contributed by atoms with Crippen LogP contribution in [0.2, 0.25) is 0 Å². The molecule has 90 valence electrons. The molecule has 2 nitrogen and oxygen atoms in total. The van der Waals surface area contributed by atoms with Crippen LogP contribution < -0.4 is 0 Å². The Bertz CT molecular complexity index is 268. The van der Waals surface area contributed by atoms with Crippen molar-refractivity contribution < 1.29 is 4.79 Å². The molecular weight excluding hydrogens is 198 g/mol. The Morgan fingerprint density at radius 1 is 1.38 bits per heavy atom. The molecule has 0 aromatic rings. The number of hydrogen-bond acceptors (Lipinski definition) is 1. The highest BCUT2D eigenvalue weighted by Gasteiger charge is 2.34. The van der Waals surface area contributed by atoms with Crippen molar-refractivity contribution in [3.05, 3.63) is 12.7 Å². The maximum absolute atomic E-state index is 11.9. The number of rotatable bonds is 3. The molecule has 0 aromatic carbocycles. The van der Waals surface area contributed by atoms with Crippen LogP contribution in [0.5, 0.6) is 0 Å². The summed E-state index contributed by atoms with van der Waals surface area (Å²) in [6.07, 6.45) is 9.32. The van der Waals surface area contributed by atoms with Gasteiger partial charge in [0, 0.05) is 24.9 Å². The number of carbonyl (C=O) groups excluding carboxylic acids is 1. The molecule has 0 aromatic heterocycles. The summed E-state index contributed by atoms with van der Waals surface area (Å²) >= 11 is 0. The van der Waals surface area contributed by atoms with E-state index in [0.717, 1.165) is 12.5 Å². The number of carbonyl (C=O) groups is 1. The average Bonchev–Trinajstić information content (AvgIpc) is 2.71. The minimum atomic E-state index is 0.336. The van der Waals surface area contributed by atoms with Crippen molar-refractivity contribution in [3.63, 3.8) is 0 Å². The zero-order chi connectivity index (χ0) is 11.5. The highest BCUT2D eigenvalue weighted by Crippen LogP contribution is 2.32. The summed E-state index contributed by atoms with van der Waals surface area (Å²) in [5.41, 5.74) is 0. The van der Waals surface area contributed by atoms with Crippen LogP contribution in [0.15, 0.2) is 12.7 Å². The first-order chi connectivity index (χ1) is 7.72. The second kappa shape index (κ2) is 5.03. The van der Waals surface area contributed by atoms with Gasteiger partial charge in [0.05, 0.1) is 0 Å². The normalized spacial score (nSPS) is 29.4. The van der Waals surface area contributed by atoms with Gasteiger partial charge in [0.2, 0.25) is 5.91 Å². The first-order valence-corrected chi connectivity index (χ1v) is 6.64. The van der Waals surface area contributed by atoms with E-state index >= 15 is 0 Å². The maximum Gasteiger partial charge on any atom is 0.223 e. The molecule has 1 saturated carbocycles. The fraction of sp³-hybridized carbons (Fsp3) is 0.786.